The molecule has 6 heteroatoms. The average Bonchev–Trinajstić information content (AvgIpc) is 2.56. The molecule has 0 saturated heterocycles. The van der Waals surface area contributed by atoms with E-state index in [0.29, 0.717) is 36.0 Å². The highest BCUT2D eigenvalue weighted by molar-refractivity contribution is 6.31. The Hall–Kier alpha value is -2.24. The van der Waals surface area contributed by atoms with Gasteiger partial charge in [-0.2, -0.15) is 0 Å². The molecule has 0 aromatic heterocycles. The van der Waals surface area contributed by atoms with Crippen molar-refractivity contribution in [3.63, 3.8) is 0 Å². The summed E-state index contributed by atoms with van der Waals surface area (Å²) in [4.78, 5) is 11.6. The molecular weight excluding hydrogens is 316 g/mol. The van der Waals surface area contributed by atoms with Crippen LogP contribution in [0.2, 0.25) is 5.02 Å². The summed E-state index contributed by atoms with van der Waals surface area (Å²) < 4.78 is 5.67. The Kier molecular flexibility index (Phi) is 6.72. The molecule has 0 radical (unpaired) electrons. The standard InChI is InChI=1S/C17H19ClN2O3/c18-16-5-2-1-4-13(16)12-23-15-8-6-14(7-9-15)20-17(22)19-10-3-11-21/h1-2,4-9,21H,3,10-12H2,(H2,19,20,22). The fourth-order valence-electron chi connectivity index (χ4n) is 1.87. The first kappa shape index (κ1) is 17.1. The van der Waals surface area contributed by atoms with E-state index in [0.717, 1.165) is 5.56 Å². The van der Waals surface area contributed by atoms with E-state index in [9.17, 15) is 4.79 Å². The molecule has 2 rings (SSSR count). The van der Waals surface area contributed by atoms with E-state index in [1.807, 2.05) is 24.3 Å². The number of amides is 2. The van der Waals surface area contributed by atoms with Crippen LogP contribution in [0.15, 0.2) is 48.5 Å². The zero-order valence-electron chi connectivity index (χ0n) is 12.6. The van der Waals surface area contributed by atoms with Gasteiger partial charge in [0.25, 0.3) is 0 Å². The molecule has 0 unspecified atom stereocenters. The van der Waals surface area contributed by atoms with Crippen LogP contribution in [0.1, 0.15) is 12.0 Å². The van der Waals surface area contributed by atoms with Crippen molar-refractivity contribution in [1.82, 2.24) is 5.32 Å². The van der Waals surface area contributed by atoms with Gasteiger partial charge in [-0.15, -0.1) is 0 Å². The second kappa shape index (κ2) is 9.02. The minimum absolute atomic E-state index is 0.0533. The average molecular weight is 335 g/mol. The lowest BCUT2D eigenvalue weighted by molar-refractivity contribution is 0.249. The molecule has 0 atom stereocenters. The lowest BCUT2D eigenvalue weighted by Crippen LogP contribution is -2.29. The van der Waals surface area contributed by atoms with E-state index >= 15 is 0 Å². The number of rotatable bonds is 7. The van der Waals surface area contributed by atoms with Crippen molar-refractivity contribution in [3.8, 4) is 5.75 Å². The topological polar surface area (TPSA) is 70.6 Å². The molecule has 2 aromatic rings. The van der Waals surface area contributed by atoms with Crippen molar-refractivity contribution in [2.75, 3.05) is 18.5 Å². The number of ether oxygens (including phenoxy) is 1. The van der Waals surface area contributed by atoms with Crippen LogP contribution in [0.4, 0.5) is 10.5 Å². The highest BCUT2D eigenvalue weighted by atomic mass is 35.5. The summed E-state index contributed by atoms with van der Waals surface area (Å²) in [5, 5.41) is 14.7. The minimum atomic E-state index is -0.303. The SMILES string of the molecule is O=C(NCCCO)Nc1ccc(OCc2ccccc2Cl)cc1. The molecule has 0 heterocycles. The summed E-state index contributed by atoms with van der Waals surface area (Å²) in [6.07, 6.45) is 0.530. The smallest absolute Gasteiger partial charge is 0.319 e. The van der Waals surface area contributed by atoms with E-state index in [4.69, 9.17) is 21.4 Å². The fraction of sp³-hybridized carbons (Fsp3) is 0.235. The van der Waals surface area contributed by atoms with Crippen molar-refractivity contribution in [3.05, 3.63) is 59.1 Å². The van der Waals surface area contributed by atoms with Gasteiger partial charge >= 0.3 is 6.03 Å². The molecule has 5 nitrogen and oxygen atoms in total. The van der Waals surface area contributed by atoms with Gasteiger partial charge in [-0.3, -0.25) is 0 Å². The summed E-state index contributed by atoms with van der Waals surface area (Å²) in [6, 6.07) is 14.3. The second-order valence-corrected chi connectivity index (χ2v) is 5.27. The van der Waals surface area contributed by atoms with Crippen LogP contribution in [-0.2, 0) is 6.61 Å². The maximum Gasteiger partial charge on any atom is 0.319 e. The molecule has 2 amide bonds. The van der Waals surface area contributed by atoms with Crippen LogP contribution in [0.3, 0.4) is 0 Å². The molecule has 23 heavy (non-hydrogen) atoms. The molecule has 0 spiro atoms. The van der Waals surface area contributed by atoms with E-state index in [1.165, 1.54) is 0 Å². The molecule has 0 bridgehead atoms. The van der Waals surface area contributed by atoms with Crippen molar-refractivity contribution >= 4 is 23.3 Å². The molecule has 0 fully saturated rings. The summed E-state index contributed by atoms with van der Waals surface area (Å²) in [7, 11) is 0. The summed E-state index contributed by atoms with van der Waals surface area (Å²) in [5.74, 6) is 0.691. The van der Waals surface area contributed by atoms with Gasteiger partial charge in [-0.05, 0) is 36.8 Å². The molecule has 0 saturated carbocycles. The number of aliphatic hydroxyl groups excluding tert-OH is 1. The van der Waals surface area contributed by atoms with Gasteiger partial charge in [0.15, 0.2) is 0 Å². The van der Waals surface area contributed by atoms with E-state index < -0.39 is 0 Å². The van der Waals surface area contributed by atoms with Crippen LogP contribution in [0, 0.1) is 0 Å². The second-order valence-electron chi connectivity index (χ2n) is 4.86. The summed E-state index contributed by atoms with van der Waals surface area (Å²) in [5.41, 5.74) is 1.58. The Labute approximate surface area is 140 Å². The molecule has 122 valence electrons. The first-order valence-electron chi connectivity index (χ1n) is 7.31. The molecule has 2 aromatic carbocycles. The predicted octanol–water partition coefficient (Wildman–Crippen LogP) is 3.42. The lowest BCUT2D eigenvalue weighted by atomic mass is 10.2. The number of hydrogen-bond acceptors (Lipinski definition) is 3. The number of halogens is 1. The monoisotopic (exact) mass is 334 g/mol. The zero-order chi connectivity index (χ0) is 16.5. The van der Waals surface area contributed by atoms with Gasteiger partial charge in [-0.25, -0.2) is 4.79 Å². The third-order valence-electron chi connectivity index (χ3n) is 3.08. The largest absolute Gasteiger partial charge is 0.489 e. The molecule has 0 aliphatic heterocycles. The molecule has 0 aliphatic rings. The van der Waals surface area contributed by atoms with Crippen LogP contribution in [0.5, 0.6) is 5.75 Å². The quantitative estimate of drug-likeness (QED) is 0.679. The van der Waals surface area contributed by atoms with Crippen LogP contribution in [-0.4, -0.2) is 24.3 Å². The number of carbonyl (C=O) groups is 1. The van der Waals surface area contributed by atoms with Gasteiger partial charge in [0, 0.05) is 29.4 Å². The Morgan fingerprint density at radius 3 is 2.57 bits per heavy atom. The Balaban J connectivity index is 1.82. The summed E-state index contributed by atoms with van der Waals surface area (Å²) in [6.45, 7) is 0.868. The number of urea groups is 1. The van der Waals surface area contributed by atoms with Gasteiger partial charge in [0.05, 0.1) is 0 Å². The van der Waals surface area contributed by atoms with Gasteiger partial charge in [0.1, 0.15) is 12.4 Å². The highest BCUT2D eigenvalue weighted by Crippen LogP contribution is 2.20. The number of benzene rings is 2. The van der Waals surface area contributed by atoms with Crippen molar-refractivity contribution in [1.29, 1.82) is 0 Å². The number of hydrogen-bond donors (Lipinski definition) is 3. The maximum absolute atomic E-state index is 11.6. The Bertz CT molecular complexity index is 632. The highest BCUT2D eigenvalue weighted by Gasteiger charge is 2.03. The maximum atomic E-state index is 11.6. The minimum Gasteiger partial charge on any atom is -0.489 e. The van der Waals surface area contributed by atoms with Crippen molar-refractivity contribution in [2.45, 2.75) is 13.0 Å². The van der Waals surface area contributed by atoms with Gasteiger partial charge in [0.2, 0.25) is 0 Å². The molecule has 0 aliphatic carbocycles. The number of aliphatic hydroxyl groups is 1. The fourth-order valence-corrected chi connectivity index (χ4v) is 2.06. The van der Waals surface area contributed by atoms with E-state index in [1.54, 1.807) is 24.3 Å². The predicted molar refractivity (Wildman–Crippen MR) is 91.0 cm³/mol. The van der Waals surface area contributed by atoms with Crippen molar-refractivity contribution < 1.29 is 14.6 Å². The number of carbonyl (C=O) groups excluding carboxylic acids is 1. The van der Waals surface area contributed by atoms with Crippen LogP contribution in [0.25, 0.3) is 0 Å². The van der Waals surface area contributed by atoms with E-state index in [2.05, 4.69) is 10.6 Å². The van der Waals surface area contributed by atoms with Crippen molar-refractivity contribution in [2.24, 2.45) is 0 Å². The first-order valence-corrected chi connectivity index (χ1v) is 7.69. The third-order valence-corrected chi connectivity index (χ3v) is 3.45. The lowest BCUT2D eigenvalue weighted by Gasteiger charge is -2.10. The molecule has 3 N–H and O–H groups in total. The summed E-state index contributed by atoms with van der Waals surface area (Å²) >= 11 is 6.08. The number of nitrogens with one attached hydrogen (secondary N) is 2. The normalized spacial score (nSPS) is 10.2. The van der Waals surface area contributed by atoms with Gasteiger partial charge in [-0.1, -0.05) is 29.8 Å². The Morgan fingerprint density at radius 1 is 1.13 bits per heavy atom. The van der Waals surface area contributed by atoms with Crippen LogP contribution < -0.4 is 15.4 Å². The number of anilines is 1. The third kappa shape index (κ3) is 5.81. The van der Waals surface area contributed by atoms with Crippen LogP contribution >= 0.6 is 11.6 Å². The Morgan fingerprint density at radius 2 is 1.87 bits per heavy atom. The van der Waals surface area contributed by atoms with Gasteiger partial charge < -0.3 is 20.5 Å². The first-order chi connectivity index (χ1) is 11.2. The molecular formula is C17H19ClN2O3. The van der Waals surface area contributed by atoms with E-state index in [-0.39, 0.29) is 12.6 Å². The zero-order valence-corrected chi connectivity index (χ0v) is 13.3.